The van der Waals surface area contributed by atoms with Gasteiger partial charge in [-0.3, -0.25) is 0 Å². The van der Waals surface area contributed by atoms with Crippen LogP contribution in [0.4, 0.5) is 0 Å². The molecule has 3 rings (SSSR count). The number of fused-ring (bicyclic) bond motifs is 3. The summed E-state index contributed by atoms with van der Waals surface area (Å²) in [6, 6.07) is 8.99. The van der Waals surface area contributed by atoms with Crippen molar-refractivity contribution in [3.8, 4) is 6.07 Å². The molecular weight excluding hydrogens is 246 g/mol. The Morgan fingerprint density at radius 2 is 2.15 bits per heavy atom. The Labute approximate surface area is 120 Å². The van der Waals surface area contributed by atoms with E-state index in [4.69, 9.17) is 5.26 Å². The van der Waals surface area contributed by atoms with Crippen LogP contribution >= 0.6 is 0 Å². The first-order valence-electron chi connectivity index (χ1n) is 7.31. The monoisotopic (exact) mass is 268 g/mol. The van der Waals surface area contributed by atoms with Gasteiger partial charge in [0.15, 0.2) is 0 Å². The Morgan fingerprint density at radius 1 is 1.35 bits per heavy atom. The molecule has 3 nitrogen and oxygen atoms in total. The van der Waals surface area contributed by atoms with Crippen molar-refractivity contribution in [2.75, 3.05) is 20.6 Å². The average Bonchev–Trinajstić information content (AvgIpc) is 2.68. The van der Waals surface area contributed by atoms with Crippen LogP contribution in [0, 0.1) is 18.3 Å². The van der Waals surface area contributed by atoms with Gasteiger partial charge in [-0.2, -0.15) is 5.26 Å². The van der Waals surface area contributed by atoms with Gasteiger partial charge in [0, 0.05) is 35.1 Å². The molecule has 0 amide bonds. The van der Waals surface area contributed by atoms with Crippen LogP contribution in [-0.4, -0.2) is 29.7 Å². The van der Waals surface area contributed by atoms with Crippen molar-refractivity contribution in [2.24, 2.45) is 0 Å². The molecule has 0 atom stereocenters. The molecule has 2 heterocycles. The molecule has 0 saturated carbocycles. The molecule has 0 saturated heterocycles. The minimum atomic E-state index is 0.586. The van der Waals surface area contributed by atoms with E-state index >= 15 is 0 Å². The smallest absolute Gasteiger partial charge is 0.106 e. The van der Waals surface area contributed by atoms with Crippen molar-refractivity contribution in [3.05, 3.63) is 35.0 Å². The van der Waals surface area contributed by atoms with Gasteiger partial charge >= 0.3 is 0 Å². The van der Waals surface area contributed by atoms with E-state index in [1.54, 1.807) is 0 Å². The van der Waals surface area contributed by atoms with E-state index in [9.17, 15) is 0 Å². The fourth-order valence-corrected chi connectivity index (χ4v) is 3.39. The molecule has 0 unspecified atom stereocenters. The summed E-state index contributed by atoms with van der Waals surface area (Å²) in [6.07, 6.45) is 1.70. The Hall–Kier alpha value is -1.79. The van der Waals surface area contributed by atoms with Gasteiger partial charge in [-0.25, -0.2) is 0 Å². The number of nitrogens with zero attached hydrogens (tertiary/aromatic N) is 3. The molecule has 0 fully saturated rings. The highest BCUT2D eigenvalue weighted by Gasteiger charge is 2.29. The molecule has 20 heavy (non-hydrogen) atoms. The molecule has 3 heteroatoms. The largest absolute Gasteiger partial charge is 0.343 e. The number of quaternary nitrogens is 1. The second-order valence-electron chi connectivity index (χ2n) is 6.57. The van der Waals surface area contributed by atoms with Crippen LogP contribution in [-0.2, 0) is 19.5 Å². The van der Waals surface area contributed by atoms with E-state index in [2.05, 4.69) is 49.9 Å². The van der Waals surface area contributed by atoms with Gasteiger partial charge in [-0.05, 0) is 19.1 Å². The van der Waals surface area contributed by atoms with E-state index in [0.29, 0.717) is 6.42 Å². The zero-order valence-electron chi connectivity index (χ0n) is 12.6. The van der Waals surface area contributed by atoms with Gasteiger partial charge in [0.05, 0.1) is 33.1 Å². The summed E-state index contributed by atoms with van der Waals surface area (Å²) in [5, 5.41) is 10.3. The van der Waals surface area contributed by atoms with Crippen LogP contribution in [0.15, 0.2) is 18.2 Å². The first-order valence-corrected chi connectivity index (χ1v) is 7.31. The van der Waals surface area contributed by atoms with Crippen LogP contribution in [0.3, 0.4) is 0 Å². The zero-order valence-corrected chi connectivity index (χ0v) is 12.6. The molecule has 1 aliphatic rings. The summed E-state index contributed by atoms with van der Waals surface area (Å²) in [5.74, 6) is 0. The number of hydrogen-bond donors (Lipinski definition) is 0. The average molecular weight is 268 g/mol. The van der Waals surface area contributed by atoms with Gasteiger partial charge in [0.25, 0.3) is 0 Å². The molecule has 2 aromatic rings. The summed E-state index contributed by atoms with van der Waals surface area (Å²) in [5.41, 5.74) is 5.57. The molecule has 1 aromatic carbocycles. The van der Waals surface area contributed by atoms with Crippen LogP contribution in [0.25, 0.3) is 10.9 Å². The summed E-state index contributed by atoms with van der Waals surface area (Å²) < 4.78 is 3.44. The third kappa shape index (κ3) is 2.10. The Kier molecular flexibility index (Phi) is 3.07. The number of likely N-dealkylation sites (N-methyl/N-ethyl adjacent to an activating group) is 1. The standard InChI is InChI=1S/C17H22N3/c1-13-5-6-16-14(11-13)15-12-20(2,3)10-7-17(15)19(16)9-4-8-18/h5-6,11H,4,7,9-10,12H2,1-3H3/q+1. The summed E-state index contributed by atoms with van der Waals surface area (Å²) in [4.78, 5) is 0. The predicted molar refractivity (Wildman–Crippen MR) is 81.3 cm³/mol. The van der Waals surface area contributed by atoms with Crippen LogP contribution < -0.4 is 0 Å². The summed E-state index contributed by atoms with van der Waals surface area (Å²) in [7, 11) is 4.61. The summed E-state index contributed by atoms with van der Waals surface area (Å²) >= 11 is 0. The lowest BCUT2D eigenvalue weighted by Crippen LogP contribution is -2.43. The first-order chi connectivity index (χ1) is 9.52. The molecule has 0 spiro atoms. The Balaban J connectivity index is 2.21. The third-order valence-corrected chi connectivity index (χ3v) is 4.43. The van der Waals surface area contributed by atoms with Crippen molar-refractivity contribution < 1.29 is 4.48 Å². The minimum absolute atomic E-state index is 0.586. The lowest BCUT2D eigenvalue weighted by molar-refractivity contribution is -0.905. The SMILES string of the molecule is Cc1ccc2c(c1)c1c(n2CCC#N)CC[N+](C)(C)C1. The van der Waals surface area contributed by atoms with Crippen molar-refractivity contribution in [1.29, 1.82) is 5.26 Å². The molecule has 1 aromatic heterocycles. The lowest BCUT2D eigenvalue weighted by atomic mass is 10.0. The third-order valence-electron chi connectivity index (χ3n) is 4.43. The van der Waals surface area contributed by atoms with Gasteiger partial charge in [0.2, 0.25) is 0 Å². The highest BCUT2D eigenvalue weighted by Crippen LogP contribution is 2.33. The van der Waals surface area contributed by atoms with E-state index in [1.807, 2.05) is 0 Å². The van der Waals surface area contributed by atoms with Crippen LogP contribution in [0.2, 0.25) is 0 Å². The van der Waals surface area contributed by atoms with Crippen molar-refractivity contribution in [2.45, 2.75) is 32.9 Å². The number of aromatic nitrogens is 1. The molecule has 0 aliphatic carbocycles. The first kappa shape index (κ1) is 13.2. The van der Waals surface area contributed by atoms with Crippen LogP contribution in [0.5, 0.6) is 0 Å². The molecule has 1 aliphatic heterocycles. The second-order valence-corrected chi connectivity index (χ2v) is 6.57. The number of rotatable bonds is 2. The predicted octanol–water partition coefficient (Wildman–Crippen LogP) is 3.00. The van der Waals surface area contributed by atoms with E-state index in [-0.39, 0.29) is 0 Å². The minimum Gasteiger partial charge on any atom is -0.343 e. The summed E-state index contributed by atoms with van der Waals surface area (Å²) in [6.45, 7) is 5.24. The van der Waals surface area contributed by atoms with Crippen molar-refractivity contribution in [1.82, 2.24) is 4.57 Å². The van der Waals surface area contributed by atoms with Gasteiger partial charge in [0.1, 0.15) is 6.54 Å². The molecule has 0 radical (unpaired) electrons. The van der Waals surface area contributed by atoms with E-state index in [1.165, 1.54) is 34.3 Å². The molecule has 0 bridgehead atoms. The van der Waals surface area contributed by atoms with Crippen molar-refractivity contribution in [3.63, 3.8) is 0 Å². The fourth-order valence-electron chi connectivity index (χ4n) is 3.39. The van der Waals surface area contributed by atoms with Gasteiger partial charge < -0.3 is 9.05 Å². The zero-order chi connectivity index (χ0) is 14.3. The number of nitriles is 1. The molecular formula is C17H22N3+. The van der Waals surface area contributed by atoms with E-state index in [0.717, 1.165) is 24.0 Å². The van der Waals surface area contributed by atoms with Crippen LogP contribution in [0.1, 0.15) is 23.2 Å². The second kappa shape index (κ2) is 4.64. The maximum absolute atomic E-state index is 8.90. The van der Waals surface area contributed by atoms with E-state index < -0.39 is 0 Å². The molecule has 104 valence electrons. The Morgan fingerprint density at radius 3 is 2.90 bits per heavy atom. The topological polar surface area (TPSA) is 28.7 Å². The highest BCUT2D eigenvalue weighted by atomic mass is 15.3. The normalized spacial score (nSPS) is 16.9. The van der Waals surface area contributed by atoms with Crippen molar-refractivity contribution >= 4 is 10.9 Å². The fraction of sp³-hybridized carbons (Fsp3) is 0.471. The van der Waals surface area contributed by atoms with Gasteiger partial charge in [-0.15, -0.1) is 0 Å². The highest BCUT2D eigenvalue weighted by molar-refractivity contribution is 5.86. The lowest BCUT2D eigenvalue weighted by Gasteiger charge is -2.34. The number of aryl methyl sites for hydroxylation is 2. The quantitative estimate of drug-likeness (QED) is 0.770. The number of benzene rings is 1. The molecule has 0 N–H and O–H groups in total. The van der Waals surface area contributed by atoms with Gasteiger partial charge in [-0.1, -0.05) is 11.6 Å². The maximum Gasteiger partial charge on any atom is 0.106 e. The Bertz CT molecular complexity index is 701. The maximum atomic E-state index is 8.90. The number of hydrogen-bond acceptors (Lipinski definition) is 1.